The fourth-order valence-electron chi connectivity index (χ4n) is 2.55. The lowest BCUT2D eigenvalue weighted by Gasteiger charge is -2.42. The highest BCUT2D eigenvalue weighted by atomic mass is 16.5. The second kappa shape index (κ2) is 5.10. The summed E-state index contributed by atoms with van der Waals surface area (Å²) in [7, 11) is 0. The highest BCUT2D eigenvalue weighted by molar-refractivity contribution is 5.00. The highest BCUT2D eigenvalue weighted by Crippen LogP contribution is 2.31. The van der Waals surface area contributed by atoms with Gasteiger partial charge in [0.2, 0.25) is 0 Å². The van der Waals surface area contributed by atoms with Gasteiger partial charge in [0.15, 0.2) is 0 Å². The zero-order chi connectivity index (χ0) is 10.6. The molecule has 1 heterocycles. The molecule has 2 N–H and O–H groups in total. The van der Waals surface area contributed by atoms with Gasteiger partial charge in [-0.15, -0.1) is 0 Å². The SMILES string of the molecule is CCCN(CC)C1(CN)CCOC1C. The Morgan fingerprint density at radius 1 is 1.50 bits per heavy atom. The Morgan fingerprint density at radius 2 is 2.21 bits per heavy atom. The van der Waals surface area contributed by atoms with Crippen molar-refractivity contribution in [3.63, 3.8) is 0 Å². The molecule has 2 atom stereocenters. The molecule has 0 aromatic heterocycles. The molecule has 1 rings (SSSR count). The predicted octanol–water partition coefficient (Wildman–Crippen LogP) is 1.22. The number of rotatable bonds is 5. The molecule has 3 nitrogen and oxygen atoms in total. The summed E-state index contributed by atoms with van der Waals surface area (Å²) in [4.78, 5) is 2.49. The second-order valence-electron chi connectivity index (χ2n) is 4.15. The first-order valence-electron chi connectivity index (χ1n) is 5.78. The smallest absolute Gasteiger partial charge is 0.0743 e. The minimum absolute atomic E-state index is 0.102. The van der Waals surface area contributed by atoms with Crippen molar-refractivity contribution in [3.05, 3.63) is 0 Å². The monoisotopic (exact) mass is 200 g/mol. The van der Waals surface area contributed by atoms with E-state index in [1.165, 1.54) is 6.42 Å². The minimum atomic E-state index is 0.102. The van der Waals surface area contributed by atoms with E-state index < -0.39 is 0 Å². The first kappa shape index (κ1) is 12.0. The van der Waals surface area contributed by atoms with E-state index in [4.69, 9.17) is 10.5 Å². The van der Waals surface area contributed by atoms with Crippen LogP contribution in [0.25, 0.3) is 0 Å². The van der Waals surface area contributed by atoms with Crippen molar-refractivity contribution in [3.8, 4) is 0 Å². The van der Waals surface area contributed by atoms with Crippen LogP contribution in [-0.4, -0.2) is 42.8 Å². The van der Waals surface area contributed by atoms with Crippen LogP contribution < -0.4 is 5.73 Å². The maximum Gasteiger partial charge on any atom is 0.0743 e. The van der Waals surface area contributed by atoms with Gasteiger partial charge in [0.1, 0.15) is 0 Å². The average molecular weight is 200 g/mol. The second-order valence-corrected chi connectivity index (χ2v) is 4.15. The molecule has 14 heavy (non-hydrogen) atoms. The summed E-state index contributed by atoms with van der Waals surface area (Å²) in [5.41, 5.74) is 6.05. The summed E-state index contributed by atoms with van der Waals surface area (Å²) in [6.45, 7) is 10.3. The van der Waals surface area contributed by atoms with Crippen molar-refractivity contribution >= 4 is 0 Å². The van der Waals surface area contributed by atoms with Crippen LogP contribution in [0.4, 0.5) is 0 Å². The summed E-state index contributed by atoms with van der Waals surface area (Å²) in [5.74, 6) is 0. The van der Waals surface area contributed by atoms with Crippen LogP contribution in [0.3, 0.4) is 0 Å². The van der Waals surface area contributed by atoms with E-state index in [0.29, 0.717) is 6.54 Å². The van der Waals surface area contributed by atoms with Gasteiger partial charge < -0.3 is 10.5 Å². The number of likely N-dealkylation sites (N-methyl/N-ethyl adjacent to an activating group) is 1. The average Bonchev–Trinajstić information content (AvgIpc) is 2.57. The molecular formula is C11H24N2O. The lowest BCUT2D eigenvalue weighted by Crippen LogP contribution is -2.58. The molecular weight excluding hydrogens is 176 g/mol. The Kier molecular flexibility index (Phi) is 4.35. The van der Waals surface area contributed by atoms with Crippen molar-refractivity contribution in [2.24, 2.45) is 5.73 Å². The van der Waals surface area contributed by atoms with Gasteiger partial charge in [0, 0.05) is 13.2 Å². The van der Waals surface area contributed by atoms with Gasteiger partial charge in [-0.3, -0.25) is 4.90 Å². The van der Waals surface area contributed by atoms with E-state index in [1.54, 1.807) is 0 Å². The number of nitrogens with two attached hydrogens (primary N) is 1. The zero-order valence-electron chi connectivity index (χ0n) is 9.75. The van der Waals surface area contributed by atoms with E-state index in [0.717, 1.165) is 26.1 Å². The number of nitrogens with zero attached hydrogens (tertiary/aromatic N) is 1. The standard InChI is InChI=1S/C11H24N2O/c1-4-7-13(5-2)11(9-12)6-8-14-10(11)3/h10H,4-9,12H2,1-3H3. The largest absolute Gasteiger partial charge is 0.376 e. The molecule has 1 aliphatic heterocycles. The lowest BCUT2D eigenvalue weighted by molar-refractivity contribution is 0.0170. The predicted molar refractivity (Wildman–Crippen MR) is 59.4 cm³/mol. The summed E-state index contributed by atoms with van der Waals surface area (Å²) < 4.78 is 5.67. The fraction of sp³-hybridized carbons (Fsp3) is 1.00. The maximum atomic E-state index is 5.94. The van der Waals surface area contributed by atoms with E-state index in [-0.39, 0.29) is 11.6 Å². The van der Waals surface area contributed by atoms with E-state index in [1.807, 2.05) is 0 Å². The maximum absolute atomic E-state index is 5.94. The third kappa shape index (κ3) is 1.95. The van der Waals surface area contributed by atoms with Crippen molar-refractivity contribution in [2.45, 2.75) is 45.3 Å². The molecule has 3 heteroatoms. The fourth-order valence-corrected chi connectivity index (χ4v) is 2.55. The summed E-state index contributed by atoms with van der Waals surface area (Å²) in [5, 5.41) is 0. The quantitative estimate of drug-likeness (QED) is 0.725. The summed E-state index contributed by atoms with van der Waals surface area (Å²) >= 11 is 0. The molecule has 0 amide bonds. The molecule has 0 spiro atoms. The molecule has 0 radical (unpaired) electrons. The molecule has 0 bridgehead atoms. The van der Waals surface area contributed by atoms with Crippen LogP contribution in [0.15, 0.2) is 0 Å². The molecule has 2 unspecified atom stereocenters. The summed E-state index contributed by atoms with van der Waals surface area (Å²) in [6.07, 6.45) is 2.54. The van der Waals surface area contributed by atoms with E-state index >= 15 is 0 Å². The van der Waals surface area contributed by atoms with Crippen LogP contribution in [0, 0.1) is 0 Å². The molecule has 1 saturated heterocycles. The van der Waals surface area contributed by atoms with Gasteiger partial charge in [-0.05, 0) is 32.9 Å². The van der Waals surface area contributed by atoms with Crippen molar-refractivity contribution in [1.29, 1.82) is 0 Å². The van der Waals surface area contributed by atoms with E-state index in [2.05, 4.69) is 25.7 Å². The van der Waals surface area contributed by atoms with Gasteiger partial charge in [-0.25, -0.2) is 0 Å². The Hall–Kier alpha value is -0.120. The number of hydrogen-bond acceptors (Lipinski definition) is 3. The van der Waals surface area contributed by atoms with Crippen molar-refractivity contribution in [2.75, 3.05) is 26.2 Å². The Labute approximate surface area is 87.6 Å². The molecule has 0 aromatic carbocycles. The number of hydrogen-bond donors (Lipinski definition) is 1. The van der Waals surface area contributed by atoms with Gasteiger partial charge >= 0.3 is 0 Å². The first-order chi connectivity index (χ1) is 6.71. The van der Waals surface area contributed by atoms with Crippen LogP contribution in [0.2, 0.25) is 0 Å². The van der Waals surface area contributed by atoms with Crippen molar-refractivity contribution < 1.29 is 4.74 Å². The molecule has 84 valence electrons. The first-order valence-corrected chi connectivity index (χ1v) is 5.78. The molecule has 1 fully saturated rings. The van der Waals surface area contributed by atoms with Gasteiger partial charge in [0.25, 0.3) is 0 Å². The Bertz CT molecular complexity index is 175. The van der Waals surface area contributed by atoms with Gasteiger partial charge in [0.05, 0.1) is 11.6 Å². The van der Waals surface area contributed by atoms with Gasteiger partial charge in [-0.2, -0.15) is 0 Å². The number of ether oxygens (including phenoxy) is 1. The molecule has 0 aliphatic carbocycles. The topological polar surface area (TPSA) is 38.5 Å². The molecule has 0 aromatic rings. The Morgan fingerprint density at radius 3 is 2.57 bits per heavy atom. The van der Waals surface area contributed by atoms with Crippen LogP contribution >= 0.6 is 0 Å². The lowest BCUT2D eigenvalue weighted by atomic mass is 9.89. The van der Waals surface area contributed by atoms with Crippen molar-refractivity contribution in [1.82, 2.24) is 4.90 Å². The summed E-state index contributed by atoms with van der Waals surface area (Å²) in [6, 6.07) is 0. The minimum Gasteiger partial charge on any atom is -0.376 e. The van der Waals surface area contributed by atoms with Crippen LogP contribution in [-0.2, 0) is 4.74 Å². The third-order valence-corrected chi connectivity index (χ3v) is 3.52. The normalized spacial score (nSPS) is 32.8. The molecule has 1 aliphatic rings. The molecule has 0 saturated carbocycles. The van der Waals surface area contributed by atoms with Gasteiger partial charge in [-0.1, -0.05) is 13.8 Å². The highest BCUT2D eigenvalue weighted by Gasteiger charge is 2.44. The third-order valence-electron chi connectivity index (χ3n) is 3.52. The van der Waals surface area contributed by atoms with Crippen LogP contribution in [0.1, 0.15) is 33.6 Å². The van der Waals surface area contributed by atoms with E-state index in [9.17, 15) is 0 Å². The van der Waals surface area contributed by atoms with Crippen LogP contribution in [0.5, 0.6) is 0 Å². The Balaban J connectivity index is 2.75. The zero-order valence-corrected chi connectivity index (χ0v) is 9.75.